The van der Waals surface area contributed by atoms with Crippen molar-refractivity contribution in [1.82, 2.24) is 0 Å². The van der Waals surface area contributed by atoms with E-state index in [1.165, 1.54) is 25.7 Å². The third-order valence-corrected chi connectivity index (χ3v) is 3.35. The maximum absolute atomic E-state index is 12.4. The summed E-state index contributed by atoms with van der Waals surface area (Å²) in [6, 6.07) is 0. The molecule has 1 rings (SSSR count). The fraction of sp³-hybridized carbons (Fsp3) is 0.800. The lowest BCUT2D eigenvalue weighted by Crippen LogP contribution is -2.07. The highest BCUT2D eigenvalue weighted by atomic mass is 19.1. The first-order valence-corrected chi connectivity index (χ1v) is 6.80. The lowest BCUT2D eigenvalue weighted by Gasteiger charge is -2.16. The second-order valence-electron chi connectivity index (χ2n) is 5.20. The van der Waals surface area contributed by atoms with Gasteiger partial charge in [0.15, 0.2) is 0 Å². The van der Waals surface area contributed by atoms with Crippen LogP contribution in [0.15, 0.2) is 12.4 Å². The standard InChI is InChI=1S/C10H17F.C5H10O/c1-8(7-9(2)11)10-5-3-4-6-10;1-3-4-5(2)6/h8,10H,2-7H2,1H3;3-4H2,1-2H3. The number of carbonyl (C=O) groups is 1. The van der Waals surface area contributed by atoms with Crippen molar-refractivity contribution in [2.45, 2.75) is 65.7 Å². The predicted molar refractivity (Wildman–Crippen MR) is 71.6 cm³/mol. The van der Waals surface area contributed by atoms with Gasteiger partial charge in [0.05, 0.1) is 5.83 Å². The zero-order valence-electron chi connectivity index (χ0n) is 11.6. The van der Waals surface area contributed by atoms with Gasteiger partial charge in [-0.25, -0.2) is 4.39 Å². The zero-order chi connectivity index (χ0) is 13.3. The Balaban J connectivity index is 0.000000366. The van der Waals surface area contributed by atoms with E-state index in [4.69, 9.17) is 0 Å². The lowest BCUT2D eigenvalue weighted by atomic mass is 9.90. The fourth-order valence-corrected chi connectivity index (χ4v) is 2.39. The molecular weight excluding hydrogens is 215 g/mol. The maximum atomic E-state index is 12.4. The molecule has 0 aromatic heterocycles. The summed E-state index contributed by atoms with van der Waals surface area (Å²) < 4.78 is 12.4. The molecule has 0 aromatic rings. The van der Waals surface area contributed by atoms with Gasteiger partial charge in [-0.3, -0.25) is 0 Å². The Hall–Kier alpha value is -0.660. The van der Waals surface area contributed by atoms with Crippen molar-refractivity contribution in [3.05, 3.63) is 12.4 Å². The van der Waals surface area contributed by atoms with E-state index in [2.05, 4.69) is 13.5 Å². The topological polar surface area (TPSA) is 17.1 Å². The third kappa shape index (κ3) is 9.08. The molecule has 1 nitrogen and oxygen atoms in total. The van der Waals surface area contributed by atoms with Crippen LogP contribution in [-0.2, 0) is 4.79 Å². The van der Waals surface area contributed by atoms with Crippen molar-refractivity contribution in [2.24, 2.45) is 11.8 Å². The summed E-state index contributed by atoms with van der Waals surface area (Å²) in [4.78, 5) is 10.0. The van der Waals surface area contributed by atoms with Crippen molar-refractivity contribution < 1.29 is 9.18 Å². The molecule has 1 fully saturated rings. The summed E-state index contributed by atoms with van der Waals surface area (Å²) in [6.07, 6.45) is 7.57. The second kappa shape index (κ2) is 9.38. The lowest BCUT2D eigenvalue weighted by molar-refractivity contribution is -0.117. The average Bonchev–Trinajstić information content (AvgIpc) is 2.69. The highest BCUT2D eigenvalue weighted by Gasteiger charge is 2.21. The molecule has 0 aliphatic heterocycles. The SMILES string of the molecule is C=C(F)CC(C)C1CCCC1.CCCC(C)=O. The van der Waals surface area contributed by atoms with E-state index >= 15 is 0 Å². The predicted octanol–water partition coefficient (Wildman–Crippen LogP) is 5.06. The van der Waals surface area contributed by atoms with Crippen LogP contribution in [0, 0.1) is 11.8 Å². The summed E-state index contributed by atoms with van der Waals surface area (Å²) in [6.45, 7) is 9.06. The van der Waals surface area contributed by atoms with Crippen molar-refractivity contribution in [1.29, 1.82) is 0 Å². The van der Waals surface area contributed by atoms with Crippen LogP contribution in [0.5, 0.6) is 0 Å². The molecular formula is C15H27FO. The second-order valence-corrected chi connectivity index (χ2v) is 5.20. The first-order chi connectivity index (χ1) is 7.97. The Morgan fingerprint density at radius 3 is 2.24 bits per heavy atom. The first-order valence-electron chi connectivity index (χ1n) is 6.80. The quantitative estimate of drug-likeness (QED) is 0.658. The van der Waals surface area contributed by atoms with Crippen LogP contribution in [0.1, 0.15) is 65.7 Å². The third-order valence-electron chi connectivity index (χ3n) is 3.35. The Bertz CT molecular complexity index is 229. The molecule has 0 N–H and O–H groups in total. The minimum absolute atomic E-state index is 0.149. The number of Topliss-reactive ketones (excluding diaryl/α,β-unsaturated/α-hetero) is 1. The summed E-state index contributed by atoms with van der Waals surface area (Å²) in [5.74, 6) is 1.42. The highest BCUT2D eigenvalue weighted by Crippen LogP contribution is 2.33. The number of halogens is 1. The molecule has 0 saturated heterocycles. The Morgan fingerprint density at radius 2 is 1.94 bits per heavy atom. The minimum Gasteiger partial charge on any atom is -0.300 e. The van der Waals surface area contributed by atoms with E-state index in [1.807, 2.05) is 6.92 Å². The van der Waals surface area contributed by atoms with Gasteiger partial charge in [0.1, 0.15) is 5.78 Å². The molecule has 1 atom stereocenters. The molecule has 0 heterocycles. The summed E-state index contributed by atoms with van der Waals surface area (Å²) in [7, 11) is 0. The van der Waals surface area contributed by atoms with Crippen LogP contribution in [0.25, 0.3) is 0 Å². The van der Waals surface area contributed by atoms with Crippen LogP contribution in [0.2, 0.25) is 0 Å². The van der Waals surface area contributed by atoms with Crippen molar-refractivity contribution in [2.75, 3.05) is 0 Å². The molecule has 0 amide bonds. The zero-order valence-corrected chi connectivity index (χ0v) is 11.6. The van der Waals surface area contributed by atoms with Crippen molar-refractivity contribution >= 4 is 5.78 Å². The number of rotatable bonds is 5. The molecule has 1 unspecified atom stereocenters. The van der Waals surface area contributed by atoms with Crippen LogP contribution in [0.3, 0.4) is 0 Å². The Labute approximate surface area is 105 Å². The van der Waals surface area contributed by atoms with Gasteiger partial charge in [-0.05, 0) is 25.2 Å². The van der Waals surface area contributed by atoms with Crippen molar-refractivity contribution in [3.8, 4) is 0 Å². The smallest absolute Gasteiger partial charge is 0.129 e. The normalized spacial score (nSPS) is 17.2. The first kappa shape index (κ1) is 16.3. The summed E-state index contributed by atoms with van der Waals surface area (Å²) in [5.41, 5.74) is 0. The number of hydrogen-bond acceptors (Lipinski definition) is 1. The van der Waals surface area contributed by atoms with Gasteiger partial charge in [0, 0.05) is 12.8 Å². The van der Waals surface area contributed by atoms with E-state index in [9.17, 15) is 9.18 Å². The van der Waals surface area contributed by atoms with Gasteiger partial charge >= 0.3 is 0 Å². The van der Waals surface area contributed by atoms with E-state index < -0.39 is 0 Å². The van der Waals surface area contributed by atoms with Crippen molar-refractivity contribution in [3.63, 3.8) is 0 Å². The van der Waals surface area contributed by atoms with E-state index in [0.717, 1.165) is 18.8 Å². The van der Waals surface area contributed by atoms with Gasteiger partial charge in [-0.15, -0.1) is 0 Å². The molecule has 0 aromatic carbocycles. The molecule has 1 saturated carbocycles. The minimum atomic E-state index is -0.149. The largest absolute Gasteiger partial charge is 0.300 e. The number of allylic oxidation sites excluding steroid dienone is 1. The Kier molecular flexibility index (Phi) is 9.01. The number of hydrogen-bond donors (Lipinski definition) is 0. The molecule has 1 aliphatic rings. The van der Waals surface area contributed by atoms with Gasteiger partial charge in [-0.2, -0.15) is 0 Å². The average molecular weight is 242 g/mol. The fourth-order valence-electron chi connectivity index (χ4n) is 2.39. The van der Waals surface area contributed by atoms with Gasteiger partial charge in [-0.1, -0.05) is 46.1 Å². The van der Waals surface area contributed by atoms with Gasteiger partial charge in [0.2, 0.25) is 0 Å². The van der Waals surface area contributed by atoms with Crippen LogP contribution >= 0.6 is 0 Å². The van der Waals surface area contributed by atoms with E-state index in [-0.39, 0.29) is 11.6 Å². The summed E-state index contributed by atoms with van der Waals surface area (Å²) >= 11 is 0. The highest BCUT2D eigenvalue weighted by molar-refractivity contribution is 5.75. The molecule has 0 radical (unpaired) electrons. The molecule has 0 bridgehead atoms. The van der Waals surface area contributed by atoms with Crippen LogP contribution in [-0.4, -0.2) is 5.78 Å². The molecule has 100 valence electrons. The molecule has 17 heavy (non-hydrogen) atoms. The molecule has 1 aliphatic carbocycles. The molecule has 0 spiro atoms. The van der Waals surface area contributed by atoms with Crippen LogP contribution < -0.4 is 0 Å². The van der Waals surface area contributed by atoms with E-state index in [1.54, 1.807) is 6.92 Å². The summed E-state index contributed by atoms with van der Waals surface area (Å²) in [5, 5.41) is 0. The van der Waals surface area contributed by atoms with Gasteiger partial charge < -0.3 is 4.79 Å². The molecule has 2 heteroatoms. The Morgan fingerprint density at radius 1 is 1.41 bits per heavy atom. The number of carbonyl (C=O) groups excluding carboxylic acids is 1. The monoisotopic (exact) mass is 242 g/mol. The van der Waals surface area contributed by atoms with Gasteiger partial charge in [0.25, 0.3) is 0 Å². The van der Waals surface area contributed by atoms with Crippen LogP contribution in [0.4, 0.5) is 4.39 Å². The van der Waals surface area contributed by atoms with E-state index in [0.29, 0.717) is 12.3 Å². The number of ketones is 1. The maximum Gasteiger partial charge on any atom is 0.129 e.